The number of rotatable bonds is 22. The maximum atomic E-state index is 12.2. The normalized spacial score (nSPS) is 15.4. The summed E-state index contributed by atoms with van der Waals surface area (Å²) in [5, 5.41) is 42.4. The highest BCUT2D eigenvalue weighted by molar-refractivity contribution is 5.80. The first-order valence-electron chi connectivity index (χ1n) is 12.9. The molecule has 1 amide bonds. The molecule has 0 aliphatic carbocycles. The van der Waals surface area contributed by atoms with Gasteiger partial charge >= 0.3 is 0 Å². The molecule has 4 unspecified atom stereocenters. The number of unbranched alkanes of at least 4 members (excludes halogenated alkanes) is 13. The molecule has 0 saturated heterocycles. The van der Waals surface area contributed by atoms with Gasteiger partial charge in [0.1, 0.15) is 12.2 Å². The van der Waals surface area contributed by atoms with Crippen LogP contribution in [0.1, 0.15) is 123 Å². The molecule has 0 aliphatic rings. The lowest BCUT2D eigenvalue weighted by atomic mass is 9.99. The maximum absolute atomic E-state index is 12.2. The fourth-order valence-electron chi connectivity index (χ4n) is 3.87. The standard InChI is InChI=1S/C25H51NO5/c1-3-5-7-9-10-11-12-13-14-15-17-19-23(29)25(31)26-21(20-27)24(30)22(28)18-16-8-6-4-2/h21-24,27-30H,3-20H2,1-2H3,(H,26,31). The number of hydrogen-bond donors (Lipinski definition) is 5. The van der Waals surface area contributed by atoms with E-state index in [-0.39, 0.29) is 0 Å². The predicted octanol–water partition coefficient (Wildman–Crippen LogP) is 4.22. The molecule has 6 heteroatoms. The van der Waals surface area contributed by atoms with Crippen LogP contribution in [0.15, 0.2) is 0 Å². The first-order chi connectivity index (χ1) is 15.0. The minimum absolute atomic E-state index is 0.372. The van der Waals surface area contributed by atoms with E-state index in [9.17, 15) is 25.2 Å². The smallest absolute Gasteiger partial charge is 0.249 e. The zero-order valence-corrected chi connectivity index (χ0v) is 20.2. The first-order valence-corrected chi connectivity index (χ1v) is 12.9. The molecule has 186 valence electrons. The lowest BCUT2D eigenvalue weighted by molar-refractivity contribution is -0.132. The van der Waals surface area contributed by atoms with Gasteiger partial charge in [0.25, 0.3) is 0 Å². The molecule has 0 aromatic carbocycles. The van der Waals surface area contributed by atoms with E-state index in [1.165, 1.54) is 51.4 Å². The van der Waals surface area contributed by atoms with Gasteiger partial charge in [-0.15, -0.1) is 0 Å². The van der Waals surface area contributed by atoms with E-state index in [1.807, 2.05) is 0 Å². The third-order valence-electron chi connectivity index (χ3n) is 6.07. The Kier molecular flexibility index (Phi) is 20.7. The molecule has 0 aromatic heterocycles. The van der Waals surface area contributed by atoms with Crippen molar-refractivity contribution >= 4 is 5.91 Å². The molecular weight excluding hydrogens is 394 g/mol. The summed E-state index contributed by atoms with van der Waals surface area (Å²) in [5.41, 5.74) is 0. The van der Waals surface area contributed by atoms with Crippen molar-refractivity contribution in [1.29, 1.82) is 0 Å². The van der Waals surface area contributed by atoms with Gasteiger partial charge in [-0.25, -0.2) is 0 Å². The molecule has 0 aliphatic heterocycles. The topological polar surface area (TPSA) is 110 Å². The zero-order chi connectivity index (χ0) is 23.3. The quantitative estimate of drug-likeness (QED) is 0.160. The number of aliphatic hydroxyl groups excluding tert-OH is 4. The van der Waals surface area contributed by atoms with Crippen LogP contribution in [0.4, 0.5) is 0 Å². The zero-order valence-electron chi connectivity index (χ0n) is 20.2. The summed E-state index contributed by atoms with van der Waals surface area (Å²) in [6.45, 7) is 3.85. The minimum Gasteiger partial charge on any atom is -0.394 e. The van der Waals surface area contributed by atoms with E-state index < -0.39 is 36.9 Å². The predicted molar refractivity (Wildman–Crippen MR) is 127 cm³/mol. The molecule has 5 N–H and O–H groups in total. The van der Waals surface area contributed by atoms with Crippen LogP contribution >= 0.6 is 0 Å². The van der Waals surface area contributed by atoms with E-state index >= 15 is 0 Å². The fourth-order valence-corrected chi connectivity index (χ4v) is 3.87. The molecule has 31 heavy (non-hydrogen) atoms. The Morgan fingerprint density at radius 1 is 0.677 bits per heavy atom. The van der Waals surface area contributed by atoms with Crippen LogP contribution in [0.3, 0.4) is 0 Å². The second-order valence-electron chi connectivity index (χ2n) is 9.04. The highest BCUT2D eigenvalue weighted by atomic mass is 16.3. The minimum atomic E-state index is -1.25. The van der Waals surface area contributed by atoms with Crippen molar-refractivity contribution < 1.29 is 25.2 Å². The van der Waals surface area contributed by atoms with Crippen LogP contribution in [-0.2, 0) is 4.79 Å². The lowest BCUT2D eigenvalue weighted by Gasteiger charge is -2.27. The maximum Gasteiger partial charge on any atom is 0.249 e. The van der Waals surface area contributed by atoms with E-state index in [4.69, 9.17) is 0 Å². The molecule has 0 radical (unpaired) electrons. The number of amides is 1. The Bertz CT molecular complexity index is 407. The number of hydrogen-bond acceptors (Lipinski definition) is 5. The van der Waals surface area contributed by atoms with Crippen LogP contribution in [0, 0.1) is 0 Å². The van der Waals surface area contributed by atoms with Crippen molar-refractivity contribution in [3.05, 3.63) is 0 Å². The highest BCUT2D eigenvalue weighted by Gasteiger charge is 2.28. The van der Waals surface area contributed by atoms with E-state index in [0.717, 1.165) is 44.9 Å². The highest BCUT2D eigenvalue weighted by Crippen LogP contribution is 2.14. The van der Waals surface area contributed by atoms with Crippen LogP contribution in [-0.4, -0.2) is 57.3 Å². The Labute approximate surface area is 190 Å². The van der Waals surface area contributed by atoms with Gasteiger partial charge < -0.3 is 25.7 Å². The van der Waals surface area contributed by atoms with Gasteiger partial charge in [-0.05, 0) is 12.8 Å². The lowest BCUT2D eigenvalue weighted by Crippen LogP contribution is -2.53. The summed E-state index contributed by atoms with van der Waals surface area (Å²) in [6, 6.07) is -0.972. The van der Waals surface area contributed by atoms with Crippen molar-refractivity contribution in [2.45, 2.75) is 147 Å². The van der Waals surface area contributed by atoms with Gasteiger partial charge in [0.15, 0.2) is 0 Å². The van der Waals surface area contributed by atoms with E-state index in [1.54, 1.807) is 0 Å². The van der Waals surface area contributed by atoms with Gasteiger partial charge in [-0.2, -0.15) is 0 Å². The van der Waals surface area contributed by atoms with Crippen LogP contribution in [0.2, 0.25) is 0 Å². The average Bonchev–Trinajstić information content (AvgIpc) is 2.77. The van der Waals surface area contributed by atoms with Gasteiger partial charge in [0.05, 0.1) is 18.8 Å². The Morgan fingerprint density at radius 3 is 1.58 bits per heavy atom. The summed E-state index contributed by atoms with van der Waals surface area (Å²) in [7, 11) is 0. The number of aliphatic hydroxyl groups is 4. The summed E-state index contributed by atoms with van der Waals surface area (Å²) in [5.74, 6) is -0.594. The largest absolute Gasteiger partial charge is 0.394 e. The molecule has 0 rings (SSSR count). The summed E-state index contributed by atoms with van der Waals surface area (Å²) >= 11 is 0. The van der Waals surface area contributed by atoms with Gasteiger partial charge in [0, 0.05) is 0 Å². The second-order valence-corrected chi connectivity index (χ2v) is 9.04. The Balaban J connectivity index is 3.91. The monoisotopic (exact) mass is 445 g/mol. The molecule has 0 saturated carbocycles. The number of carbonyl (C=O) groups excluding carboxylic acids is 1. The van der Waals surface area contributed by atoms with Crippen molar-refractivity contribution in [2.75, 3.05) is 6.61 Å². The third kappa shape index (κ3) is 16.6. The molecule has 0 spiro atoms. The molecule has 0 heterocycles. The van der Waals surface area contributed by atoms with E-state index in [2.05, 4.69) is 19.2 Å². The Hall–Kier alpha value is -0.690. The van der Waals surface area contributed by atoms with Crippen LogP contribution in [0.25, 0.3) is 0 Å². The third-order valence-corrected chi connectivity index (χ3v) is 6.07. The summed E-state index contributed by atoms with van der Waals surface area (Å²) in [4.78, 5) is 12.2. The first kappa shape index (κ1) is 30.3. The summed E-state index contributed by atoms with van der Waals surface area (Å²) in [6.07, 6.45) is 14.6. The van der Waals surface area contributed by atoms with Crippen molar-refractivity contribution in [3.8, 4) is 0 Å². The fraction of sp³-hybridized carbons (Fsp3) is 0.960. The number of carbonyl (C=O) groups is 1. The molecule has 0 bridgehead atoms. The second kappa shape index (κ2) is 21.2. The molecule has 4 atom stereocenters. The van der Waals surface area contributed by atoms with Gasteiger partial charge in [-0.3, -0.25) is 4.79 Å². The Morgan fingerprint density at radius 2 is 1.10 bits per heavy atom. The number of nitrogens with one attached hydrogen (secondary N) is 1. The molecule has 0 fully saturated rings. The van der Waals surface area contributed by atoms with E-state index in [0.29, 0.717) is 12.8 Å². The molecule has 0 aromatic rings. The SMILES string of the molecule is CCCCCCCCCCCCCC(O)C(=O)NC(CO)C(O)C(O)CCCCCC. The molecule has 6 nitrogen and oxygen atoms in total. The van der Waals surface area contributed by atoms with Crippen LogP contribution < -0.4 is 5.32 Å². The average molecular weight is 446 g/mol. The molecular formula is C25H51NO5. The van der Waals surface area contributed by atoms with Crippen molar-refractivity contribution in [3.63, 3.8) is 0 Å². The summed E-state index contributed by atoms with van der Waals surface area (Å²) < 4.78 is 0. The van der Waals surface area contributed by atoms with Gasteiger partial charge in [-0.1, -0.05) is 110 Å². The van der Waals surface area contributed by atoms with Gasteiger partial charge in [0.2, 0.25) is 5.91 Å². The van der Waals surface area contributed by atoms with Crippen molar-refractivity contribution in [2.24, 2.45) is 0 Å². The van der Waals surface area contributed by atoms with Crippen molar-refractivity contribution in [1.82, 2.24) is 5.32 Å². The van der Waals surface area contributed by atoms with Crippen LogP contribution in [0.5, 0.6) is 0 Å².